The van der Waals surface area contributed by atoms with Crippen molar-refractivity contribution in [3.63, 3.8) is 0 Å². The average molecular weight is 222 g/mol. The van der Waals surface area contributed by atoms with Gasteiger partial charge in [0.2, 0.25) is 0 Å². The van der Waals surface area contributed by atoms with Gasteiger partial charge in [0.15, 0.2) is 0 Å². The van der Waals surface area contributed by atoms with Crippen LogP contribution in [0.5, 0.6) is 0 Å². The summed E-state index contributed by atoms with van der Waals surface area (Å²) in [5.41, 5.74) is 1.95. The number of esters is 1. The Labute approximate surface area is 95.4 Å². The number of ether oxygens (including phenoxy) is 1. The maximum absolute atomic E-state index is 11.9. The van der Waals surface area contributed by atoms with Gasteiger partial charge in [0, 0.05) is 24.9 Å². The van der Waals surface area contributed by atoms with Crippen molar-refractivity contribution in [2.75, 3.05) is 0 Å². The van der Waals surface area contributed by atoms with E-state index in [9.17, 15) is 4.79 Å². The maximum Gasteiger partial charge on any atom is 0.324 e. The summed E-state index contributed by atoms with van der Waals surface area (Å²) in [5.74, 6) is -0.167. The molecule has 1 aliphatic heterocycles. The molecule has 0 aliphatic carbocycles. The quantitative estimate of drug-likeness (QED) is 0.706. The van der Waals surface area contributed by atoms with E-state index >= 15 is 0 Å². The summed E-state index contributed by atoms with van der Waals surface area (Å²) in [6, 6.07) is 1.80. The van der Waals surface area contributed by atoms with Crippen molar-refractivity contribution in [3.8, 4) is 0 Å². The fourth-order valence-electron chi connectivity index (χ4n) is 1.85. The number of hydrogen-bond acceptors (Lipinski definition) is 3. The monoisotopic (exact) mass is 222 g/mol. The van der Waals surface area contributed by atoms with Crippen molar-refractivity contribution in [2.24, 2.45) is 0 Å². The van der Waals surface area contributed by atoms with Crippen LogP contribution in [-0.4, -0.2) is 22.6 Å². The number of carbonyl (C=O) groups excluding carboxylic acids is 1. The highest BCUT2D eigenvalue weighted by molar-refractivity contribution is 5.77. The fraction of sp³-hybridized carbons (Fsp3) is 0.583. The van der Waals surface area contributed by atoms with Crippen LogP contribution in [0.25, 0.3) is 0 Å². The van der Waals surface area contributed by atoms with Crippen molar-refractivity contribution in [3.05, 3.63) is 23.5 Å². The van der Waals surface area contributed by atoms with Gasteiger partial charge in [0.05, 0.1) is 0 Å². The molecule has 1 atom stereocenters. The molecule has 2 rings (SSSR count). The number of fused-ring (bicyclic) bond motifs is 1. The van der Waals surface area contributed by atoms with Gasteiger partial charge in [-0.05, 0) is 32.4 Å². The van der Waals surface area contributed by atoms with Gasteiger partial charge in [-0.15, -0.1) is 0 Å². The highest BCUT2D eigenvalue weighted by atomic mass is 16.6. The van der Waals surface area contributed by atoms with E-state index in [1.165, 1.54) is 11.3 Å². The average Bonchev–Trinajstić information content (AvgIpc) is 2.61. The van der Waals surface area contributed by atoms with Gasteiger partial charge in [-0.3, -0.25) is 10.1 Å². The number of aromatic amines is 1. The molecule has 4 nitrogen and oxygen atoms in total. The molecule has 2 heterocycles. The molecule has 0 radical (unpaired) electrons. The molecule has 0 aromatic carbocycles. The fourth-order valence-corrected chi connectivity index (χ4v) is 1.85. The summed E-state index contributed by atoms with van der Waals surface area (Å²) in [6.07, 6.45) is 2.61. The summed E-state index contributed by atoms with van der Waals surface area (Å²) in [4.78, 5) is 15.0. The third-order valence-electron chi connectivity index (χ3n) is 2.57. The number of nitrogens with one attached hydrogen (secondary N) is 2. The Bertz CT molecular complexity index is 390. The molecule has 0 bridgehead atoms. The minimum absolute atomic E-state index is 0.167. The first-order valence-electron chi connectivity index (χ1n) is 5.57. The Hall–Kier alpha value is -1.29. The first-order chi connectivity index (χ1) is 7.46. The molecule has 16 heavy (non-hydrogen) atoms. The first-order valence-corrected chi connectivity index (χ1v) is 5.57. The lowest BCUT2D eigenvalue weighted by atomic mass is 10.0. The summed E-state index contributed by atoms with van der Waals surface area (Å²) in [7, 11) is 0. The second-order valence-electron chi connectivity index (χ2n) is 5.15. The normalized spacial score (nSPS) is 20.3. The molecule has 0 saturated heterocycles. The summed E-state index contributed by atoms with van der Waals surface area (Å²) >= 11 is 0. The third kappa shape index (κ3) is 2.44. The highest BCUT2D eigenvalue weighted by Crippen LogP contribution is 2.17. The number of aromatic nitrogens is 1. The Kier molecular flexibility index (Phi) is 2.76. The van der Waals surface area contributed by atoms with Crippen LogP contribution in [0, 0.1) is 0 Å². The van der Waals surface area contributed by atoms with Gasteiger partial charge in [0.1, 0.15) is 11.6 Å². The Balaban J connectivity index is 2.01. The van der Waals surface area contributed by atoms with E-state index in [4.69, 9.17) is 4.74 Å². The lowest BCUT2D eigenvalue weighted by Gasteiger charge is -2.27. The van der Waals surface area contributed by atoms with Gasteiger partial charge in [-0.2, -0.15) is 0 Å². The second-order valence-corrected chi connectivity index (χ2v) is 5.15. The zero-order valence-electron chi connectivity index (χ0n) is 9.96. The Morgan fingerprint density at radius 2 is 2.25 bits per heavy atom. The van der Waals surface area contributed by atoms with Crippen LogP contribution in [0.15, 0.2) is 12.3 Å². The van der Waals surface area contributed by atoms with Gasteiger partial charge in [-0.1, -0.05) is 0 Å². The van der Waals surface area contributed by atoms with Crippen molar-refractivity contribution >= 4 is 5.97 Å². The molecule has 1 aliphatic rings. The Morgan fingerprint density at radius 1 is 1.50 bits per heavy atom. The van der Waals surface area contributed by atoms with Crippen molar-refractivity contribution in [2.45, 2.75) is 45.4 Å². The molecule has 0 fully saturated rings. The van der Waals surface area contributed by atoms with Crippen LogP contribution in [0.1, 0.15) is 32.0 Å². The SMILES string of the molecule is CC(C)(C)OC(=O)[C@@H]1Cc2cc[nH]c2CN1. The van der Waals surface area contributed by atoms with Crippen LogP contribution in [-0.2, 0) is 22.5 Å². The van der Waals surface area contributed by atoms with Crippen LogP contribution >= 0.6 is 0 Å². The first kappa shape index (κ1) is 11.2. The van der Waals surface area contributed by atoms with Gasteiger partial charge < -0.3 is 9.72 Å². The van der Waals surface area contributed by atoms with Crippen LogP contribution in [0.2, 0.25) is 0 Å². The minimum atomic E-state index is -0.419. The van der Waals surface area contributed by atoms with Crippen molar-refractivity contribution in [1.82, 2.24) is 10.3 Å². The molecule has 1 aromatic heterocycles. The summed E-state index contributed by atoms with van der Waals surface area (Å²) in [5, 5.41) is 3.18. The summed E-state index contributed by atoms with van der Waals surface area (Å²) < 4.78 is 5.36. The zero-order chi connectivity index (χ0) is 11.8. The smallest absolute Gasteiger partial charge is 0.324 e. The van der Waals surface area contributed by atoms with Gasteiger partial charge in [-0.25, -0.2) is 0 Å². The van der Waals surface area contributed by atoms with E-state index in [0.29, 0.717) is 13.0 Å². The minimum Gasteiger partial charge on any atom is -0.459 e. The predicted octanol–water partition coefficient (Wildman–Crippen LogP) is 1.37. The molecule has 0 spiro atoms. The number of H-pyrrole nitrogens is 1. The molecular formula is C12H18N2O2. The van der Waals surface area contributed by atoms with Crippen LogP contribution in [0.3, 0.4) is 0 Å². The highest BCUT2D eigenvalue weighted by Gasteiger charge is 2.28. The van der Waals surface area contributed by atoms with Gasteiger partial charge >= 0.3 is 5.97 Å². The number of rotatable bonds is 1. The largest absolute Gasteiger partial charge is 0.459 e. The van der Waals surface area contributed by atoms with E-state index < -0.39 is 5.60 Å². The van der Waals surface area contributed by atoms with E-state index in [1.807, 2.05) is 33.0 Å². The molecule has 4 heteroatoms. The molecule has 2 N–H and O–H groups in total. The topological polar surface area (TPSA) is 54.1 Å². The predicted molar refractivity (Wildman–Crippen MR) is 61.0 cm³/mol. The molecule has 0 unspecified atom stereocenters. The summed E-state index contributed by atoms with van der Waals surface area (Å²) in [6.45, 7) is 6.35. The van der Waals surface area contributed by atoms with E-state index in [-0.39, 0.29) is 12.0 Å². The van der Waals surface area contributed by atoms with E-state index in [2.05, 4.69) is 10.3 Å². The van der Waals surface area contributed by atoms with Crippen molar-refractivity contribution < 1.29 is 9.53 Å². The standard InChI is InChI=1S/C12H18N2O2/c1-12(2,3)16-11(15)9-6-8-4-5-13-10(8)7-14-9/h4-5,9,13-14H,6-7H2,1-3H3/t9-/m0/s1. The number of carbonyl (C=O) groups is 1. The molecule has 0 amide bonds. The van der Waals surface area contributed by atoms with Crippen LogP contribution < -0.4 is 5.32 Å². The Morgan fingerprint density at radius 3 is 2.94 bits per heavy atom. The van der Waals surface area contributed by atoms with E-state index in [0.717, 1.165) is 0 Å². The van der Waals surface area contributed by atoms with E-state index in [1.54, 1.807) is 0 Å². The zero-order valence-corrected chi connectivity index (χ0v) is 9.96. The molecular weight excluding hydrogens is 204 g/mol. The lowest BCUT2D eigenvalue weighted by molar-refractivity contribution is -0.157. The number of hydrogen-bond donors (Lipinski definition) is 2. The molecule has 88 valence electrons. The molecule has 0 saturated carbocycles. The lowest BCUT2D eigenvalue weighted by Crippen LogP contribution is -2.44. The maximum atomic E-state index is 11.9. The molecule has 1 aromatic rings. The van der Waals surface area contributed by atoms with Crippen molar-refractivity contribution in [1.29, 1.82) is 0 Å². The third-order valence-corrected chi connectivity index (χ3v) is 2.57. The van der Waals surface area contributed by atoms with Crippen LogP contribution in [0.4, 0.5) is 0 Å². The van der Waals surface area contributed by atoms with Gasteiger partial charge in [0.25, 0.3) is 0 Å². The second kappa shape index (κ2) is 3.94.